The zero-order chi connectivity index (χ0) is 54.6. The maximum atomic E-state index is 14.2. The average molecular weight is 1040 g/mol. The fraction of sp³-hybridized carbons (Fsp3) is 0.659. The first kappa shape index (κ1) is 62.3. The molecule has 0 bridgehead atoms. The first-order valence-corrected chi connectivity index (χ1v) is 24.3. The second-order valence-electron chi connectivity index (χ2n) is 17.7. The number of carbonyl (C=O) groups is 9. The number of hydrogen-bond donors (Lipinski definition) is 17. The van der Waals surface area contributed by atoms with Crippen molar-refractivity contribution in [2.75, 3.05) is 39.3 Å². The number of carbonyl (C=O) groups excluding carboxylic acids is 8. The number of carboxylic acids is 1. The van der Waals surface area contributed by atoms with Crippen LogP contribution in [-0.4, -0.2) is 178 Å². The minimum absolute atomic E-state index is 0.0360. The number of guanidine groups is 1. The second-order valence-corrected chi connectivity index (χ2v) is 17.7. The molecule has 1 saturated heterocycles. The summed E-state index contributed by atoms with van der Waals surface area (Å²) in [6.45, 7) is 2.73. The first-order chi connectivity index (χ1) is 34.6. The Morgan fingerprint density at radius 1 is 0.822 bits per heavy atom. The lowest BCUT2D eigenvalue weighted by Crippen LogP contribution is -2.60. The molecule has 1 fully saturated rings. The molecule has 0 aromatic carbocycles. The Morgan fingerprint density at radius 2 is 1.51 bits per heavy atom. The summed E-state index contributed by atoms with van der Waals surface area (Å²) in [5, 5.41) is 37.6. The van der Waals surface area contributed by atoms with Gasteiger partial charge in [0.05, 0.1) is 25.0 Å². The number of unbranched alkanes of at least 4 members (excludes halogenated alkanes) is 2. The number of aliphatic hydroxyl groups excluding tert-OH is 1. The Kier molecular flexibility index (Phi) is 28.2. The molecule has 2 rings (SSSR count). The fourth-order valence-corrected chi connectivity index (χ4v) is 7.44. The molecule has 1 aliphatic heterocycles. The fourth-order valence-electron chi connectivity index (χ4n) is 7.44. The molecule has 410 valence electrons. The quantitative estimate of drug-likeness (QED) is 0.0132. The minimum Gasteiger partial charge on any atom is -0.477 e. The molecular weight excluding hydrogens is 957 g/mol. The summed E-state index contributed by atoms with van der Waals surface area (Å²) in [6, 6.07) is -9.24. The van der Waals surface area contributed by atoms with Crippen molar-refractivity contribution < 1.29 is 53.4 Å². The highest BCUT2D eigenvalue weighted by molar-refractivity contribution is 5.99. The number of aliphatic imine (C=N–C) groups is 1. The molecule has 1 aliphatic rings. The van der Waals surface area contributed by atoms with Crippen LogP contribution in [0.3, 0.4) is 0 Å². The van der Waals surface area contributed by atoms with Crippen LogP contribution in [0, 0.1) is 0 Å². The summed E-state index contributed by atoms with van der Waals surface area (Å²) < 4.78 is 0. The first-order valence-electron chi connectivity index (χ1n) is 24.3. The highest BCUT2D eigenvalue weighted by Crippen LogP contribution is 2.21. The molecule has 24 N–H and O–H groups in total. The van der Waals surface area contributed by atoms with Crippen molar-refractivity contribution in [2.45, 2.75) is 145 Å². The number of aromatic amines is 1. The van der Waals surface area contributed by atoms with E-state index < -0.39 is 126 Å². The van der Waals surface area contributed by atoms with Gasteiger partial charge in [-0.05, 0) is 91.1 Å². The Hall–Kier alpha value is -6.79. The number of aliphatic carboxylic acids is 1. The van der Waals surface area contributed by atoms with Gasteiger partial charge in [-0.15, -0.1) is 0 Å². The van der Waals surface area contributed by atoms with Gasteiger partial charge in [0, 0.05) is 44.0 Å². The lowest BCUT2D eigenvalue weighted by molar-refractivity contribution is -0.142. The van der Waals surface area contributed by atoms with Gasteiger partial charge in [0.2, 0.25) is 47.3 Å². The lowest BCUT2D eigenvalue weighted by Gasteiger charge is -2.30. The van der Waals surface area contributed by atoms with E-state index in [-0.39, 0.29) is 70.5 Å². The van der Waals surface area contributed by atoms with Crippen molar-refractivity contribution in [1.82, 2.24) is 52.1 Å². The van der Waals surface area contributed by atoms with Crippen LogP contribution in [0.15, 0.2) is 29.3 Å². The molecule has 29 heteroatoms. The van der Waals surface area contributed by atoms with E-state index in [0.29, 0.717) is 44.3 Å². The van der Waals surface area contributed by atoms with Gasteiger partial charge in [-0.25, -0.2) is 9.78 Å². The molecule has 0 spiro atoms. The number of rotatable bonds is 34. The molecule has 0 aliphatic carbocycles. The molecule has 8 amide bonds. The number of hydrogen-bond acceptors (Lipinski definition) is 17. The topological polar surface area (TPSA) is 505 Å². The second kappa shape index (κ2) is 33.0. The maximum Gasteiger partial charge on any atom is 0.352 e. The van der Waals surface area contributed by atoms with Gasteiger partial charge in [0.1, 0.15) is 41.9 Å². The number of H-pyrrole nitrogens is 1. The molecule has 9 atom stereocenters. The van der Waals surface area contributed by atoms with E-state index in [1.807, 2.05) is 0 Å². The summed E-state index contributed by atoms with van der Waals surface area (Å²) in [7, 11) is 0. The summed E-state index contributed by atoms with van der Waals surface area (Å²) in [5.41, 5.74) is 39.3. The summed E-state index contributed by atoms with van der Waals surface area (Å²) in [6.07, 6.45) is 5.55. The number of nitrogens with one attached hydrogen (secondary N) is 8. The van der Waals surface area contributed by atoms with E-state index in [0.717, 1.165) is 0 Å². The summed E-state index contributed by atoms with van der Waals surface area (Å²) in [5.74, 6) is -8.01. The third-order valence-electron chi connectivity index (χ3n) is 11.5. The van der Waals surface area contributed by atoms with Crippen LogP contribution < -0.4 is 77.4 Å². The van der Waals surface area contributed by atoms with Crippen molar-refractivity contribution in [3.8, 4) is 0 Å². The van der Waals surface area contributed by atoms with E-state index in [1.165, 1.54) is 30.4 Å². The minimum atomic E-state index is -1.56. The van der Waals surface area contributed by atoms with E-state index >= 15 is 0 Å². The lowest BCUT2D eigenvalue weighted by atomic mass is 10.0. The van der Waals surface area contributed by atoms with Gasteiger partial charge in [-0.2, -0.15) is 0 Å². The van der Waals surface area contributed by atoms with Gasteiger partial charge in [-0.1, -0.05) is 12.5 Å². The van der Waals surface area contributed by atoms with Gasteiger partial charge < -0.3 is 97.5 Å². The average Bonchev–Trinajstić information content (AvgIpc) is 4.06. The molecule has 1 aromatic heterocycles. The highest BCUT2D eigenvalue weighted by atomic mass is 16.4. The summed E-state index contributed by atoms with van der Waals surface area (Å²) >= 11 is 0. The zero-order valence-electron chi connectivity index (χ0n) is 41.6. The molecule has 29 nitrogen and oxygen atoms in total. The maximum absolute atomic E-state index is 14.2. The molecule has 1 aromatic rings. The van der Waals surface area contributed by atoms with Crippen molar-refractivity contribution in [2.24, 2.45) is 45.1 Å². The van der Waals surface area contributed by atoms with Crippen molar-refractivity contribution in [1.29, 1.82) is 0 Å². The Morgan fingerprint density at radius 3 is 2.11 bits per heavy atom. The number of aromatic nitrogens is 2. The number of amides is 8. The Labute approximate surface area is 423 Å². The van der Waals surface area contributed by atoms with Crippen LogP contribution in [0.25, 0.3) is 0 Å². The van der Waals surface area contributed by atoms with Crippen LogP contribution in [0.5, 0.6) is 0 Å². The normalized spacial score (nSPS) is 16.7. The number of likely N-dealkylation sites (tertiary alicyclic amines) is 1. The van der Waals surface area contributed by atoms with Gasteiger partial charge in [0.15, 0.2) is 5.96 Å². The Balaban J connectivity index is 2.23. The van der Waals surface area contributed by atoms with Gasteiger partial charge in [0.25, 0.3) is 0 Å². The molecule has 0 radical (unpaired) electrons. The van der Waals surface area contributed by atoms with E-state index in [4.69, 9.17) is 40.1 Å². The number of nitrogens with two attached hydrogens (primary N) is 7. The van der Waals surface area contributed by atoms with Crippen LogP contribution in [0.2, 0.25) is 0 Å². The third-order valence-corrected chi connectivity index (χ3v) is 11.5. The zero-order valence-corrected chi connectivity index (χ0v) is 41.6. The van der Waals surface area contributed by atoms with Gasteiger partial charge in [-0.3, -0.25) is 43.3 Å². The van der Waals surface area contributed by atoms with Crippen molar-refractivity contribution in [3.63, 3.8) is 0 Å². The number of nitrogens with zero attached hydrogens (tertiary/aromatic N) is 3. The van der Waals surface area contributed by atoms with E-state index in [1.54, 1.807) is 6.92 Å². The molecule has 0 unspecified atom stereocenters. The number of imidazole rings is 1. The number of carboxylic acid groups (broad SMARTS) is 1. The van der Waals surface area contributed by atoms with Crippen LogP contribution in [-0.2, 0) is 49.6 Å². The predicted molar refractivity (Wildman–Crippen MR) is 266 cm³/mol. The predicted octanol–water partition coefficient (Wildman–Crippen LogP) is -6.72. The largest absolute Gasteiger partial charge is 0.477 e. The van der Waals surface area contributed by atoms with Crippen LogP contribution >= 0.6 is 0 Å². The smallest absolute Gasteiger partial charge is 0.352 e. The van der Waals surface area contributed by atoms with E-state index in [2.05, 4.69) is 52.2 Å². The molecule has 0 saturated carbocycles. The monoisotopic (exact) mass is 1030 g/mol. The van der Waals surface area contributed by atoms with Crippen LogP contribution in [0.1, 0.15) is 90.2 Å². The molecular formula is C44H78N18O11. The Bertz CT molecular complexity index is 2030. The number of aliphatic hydroxyl groups is 1. The standard InChI is InChI=1S/C44H78N18O11/c1-24(48)13-14-29(57-34(64)22-54-36(65)25(2)56-41(70)35(33(63)20-47)61-37(66)27(49)9-3-5-15-45)42(71)62-18-8-12-32(62)40(69)60-31(19-26-21-52-23-55-26)39(68)58-28(10-4-6-16-46)38(67)59-30(43(72)73)11-7-17-53-44(50)51/h11,21,23-25,27-29,31-33,35,63H,3-10,12-20,22,45-49H2,1-2H3,(H,52,55)(H,54,65)(H,56,70)(H,57,64)(H,58,68)(H,59,67)(H,60,69)(H,61,66)(H,72,73)(H4,50,51,53)/b30-11-/t24-,25+,27+,28+,29-,31+,32+,33+,35+/m1/s1. The third kappa shape index (κ3) is 22.7. The summed E-state index contributed by atoms with van der Waals surface area (Å²) in [4.78, 5) is 132. The molecule has 2 heterocycles. The van der Waals surface area contributed by atoms with E-state index in [9.17, 15) is 53.4 Å². The van der Waals surface area contributed by atoms with Crippen molar-refractivity contribution >= 4 is 59.2 Å². The van der Waals surface area contributed by atoms with Crippen LogP contribution in [0.4, 0.5) is 0 Å². The SMILES string of the molecule is C[C@H](NC(=O)[C@@H](NC(=O)[C@@H](N)CCCCN)[C@@H](O)CN)C(=O)NCC(=O)N[C@H](CC[C@@H](C)N)C(=O)N1CCC[C@H]1C(=O)N[C@@H](Cc1cnc[nH]1)C(=O)N[C@@H](CCCCN)C(=O)N/C(=C\CCN=C(N)N)C(=O)O. The highest BCUT2D eigenvalue weighted by Gasteiger charge is 2.40. The molecule has 73 heavy (non-hydrogen) atoms. The van der Waals surface area contributed by atoms with Gasteiger partial charge >= 0.3 is 5.97 Å². The van der Waals surface area contributed by atoms with Crippen molar-refractivity contribution in [3.05, 3.63) is 30.0 Å².